The number of halogens is 2. The number of pyridine rings is 1. The molecule has 0 saturated heterocycles. The third-order valence-electron chi connectivity index (χ3n) is 3.59. The van der Waals surface area contributed by atoms with Crippen LogP contribution in [0.2, 0.25) is 10.0 Å². The number of H-pyrrole nitrogens is 1. The Balaban J connectivity index is 1.65. The zero-order valence-corrected chi connectivity index (χ0v) is 15.3. The molecule has 0 aliphatic rings. The third kappa shape index (κ3) is 4.31. The largest absolute Gasteiger partial charge is 0.503 e. The van der Waals surface area contributed by atoms with Crippen LogP contribution in [0.5, 0.6) is 23.0 Å². The third-order valence-corrected chi connectivity index (χ3v) is 4.12. The summed E-state index contributed by atoms with van der Waals surface area (Å²) in [6.07, 6.45) is 0. The molecule has 0 spiro atoms. The fraction of sp³-hybridized carbons (Fsp3) is 0.105. The van der Waals surface area contributed by atoms with E-state index in [0.717, 1.165) is 0 Å². The Morgan fingerprint density at radius 3 is 2.38 bits per heavy atom. The lowest BCUT2D eigenvalue weighted by Gasteiger charge is -2.10. The number of nitrogens with one attached hydrogen (secondary N) is 1. The number of ether oxygens (including phenoxy) is 2. The van der Waals surface area contributed by atoms with Gasteiger partial charge in [0.05, 0.1) is 10.7 Å². The number of hydrogen-bond acceptors (Lipinski definition) is 4. The number of aromatic hydroxyl groups is 1. The van der Waals surface area contributed by atoms with Gasteiger partial charge in [-0.1, -0.05) is 23.2 Å². The molecule has 5 nitrogen and oxygen atoms in total. The summed E-state index contributed by atoms with van der Waals surface area (Å²) in [7, 11) is 0. The van der Waals surface area contributed by atoms with Gasteiger partial charge in [-0.15, -0.1) is 0 Å². The van der Waals surface area contributed by atoms with E-state index < -0.39 is 5.56 Å². The minimum absolute atomic E-state index is 0.166. The average Bonchev–Trinajstić information content (AvgIpc) is 2.61. The predicted octanol–water partition coefficient (Wildman–Crippen LogP) is 5.07. The second-order valence-electron chi connectivity index (χ2n) is 5.59. The van der Waals surface area contributed by atoms with Gasteiger partial charge in [-0.2, -0.15) is 0 Å². The number of aromatic nitrogens is 1. The molecule has 0 atom stereocenters. The zero-order chi connectivity index (χ0) is 18.7. The quantitative estimate of drug-likeness (QED) is 0.636. The van der Waals surface area contributed by atoms with Crippen molar-refractivity contribution in [2.75, 3.05) is 0 Å². The smallest absolute Gasteiger partial charge is 0.290 e. The van der Waals surface area contributed by atoms with Crippen molar-refractivity contribution < 1.29 is 14.6 Å². The number of rotatable bonds is 5. The summed E-state index contributed by atoms with van der Waals surface area (Å²) in [4.78, 5) is 14.1. The van der Waals surface area contributed by atoms with Crippen LogP contribution >= 0.6 is 23.2 Å². The van der Waals surface area contributed by atoms with E-state index in [9.17, 15) is 9.90 Å². The van der Waals surface area contributed by atoms with Crippen molar-refractivity contribution in [3.8, 4) is 23.0 Å². The van der Waals surface area contributed by atoms with E-state index in [-0.39, 0.29) is 12.4 Å². The summed E-state index contributed by atoms with van der Waals surface area (Å²) >= 11 is 11.9. The SMILES string of the molecule is Cc1cc(COc2ccc(Oc3ccc(Cl)cc3Cl)cc2)[nH]c(=O)c1O. The topological polar surface area (TPSA) is 71.5 Å². The molecule has 0 bridgehead atoms. The van der Waals surface area contributed by atoms with Crippen LogP contribution in [0.25, 0.3) is 0 Å². The lowest BCUT2D eigenvalue weighted by Crippen LogP contribution is -2.11. The van der Waals surface area contributed by atoms with Crippen LogP contribution in [0.4, 0.5) is 0 Å². The minimum atomic E-state index is -0.535. The molecule has 3 aromatic rings. The van der Waals surface area contributed by atoms with E-state index >= 15 is 0 Å². The highest BCUT2D eigenvalue weighted by molar-refractivity contribution is 6.35. The molecular weight excluding hydrogens is 377 g/mol. The van der Waals surface area contributed by atoms with E-state index in [1.54, 1.807) is 55.5 Å². The standard InChI is InChI=1S/C19H15Cl2NO4/c1-11-8-13(22-19(24)18(11)23)10-25-14-3-5-15(6-4-14)26-17-7-2-12(20)9-16(17)21/h2-9,23H,10H2,1H3,(H,22,24). The summed E-state index contributed by atoms with van der Waals surface area (Å²) in [5.74, 6) is 1.42. The van der Waals surface area contributed by atoms with Crippen LogP contribution in [0.3, 0.4) is 0 Å². The molecule has 7 heteroatoms. The van der Waals surface area contributed by atoms with Gasteiger partial charge < -0.3 is 19.6 Å². The predicted molar refractivity (Wildman–Crippen MR) is 101 cm³/mol. The second-order valence-corrected chi connectivity index (χ2v) is 6.44. The van der Waals surface area contributed by atoms with E-state index in [2.05, 4.69) is 4.98 Å². The summed E-state index contributed by atoms with van der Waals surface area (Å²) < 4.78 is 11.3. The van der Waals surface area contributed by atoms with E-state index in [1.165, 1.54) is 0 Å². The molecule has 0 amide bonds. The molecule has 0 unspecified atom stereocenters. The Bertz CT molecular complexity index is 984. The van der Waals surface area contributed by atoms with Gasteiger partial charge in [-0.05, 0) is 61.0 Å². The molecule has 0 fully saturated rings. The molecule has 0 aliphatic heterocycles. The molecule has 3 rings (SSSR count). The highest BCUT2D eigenvalue weighted by Crippen LogP contribution is 2.32. The molecule has 0 saturated carbocycles. The second kappa shape index (κ2) is 7.72. The maximum atomic E-state index is 11.5. The first-order valence-corrected chi connectivity index (χ1v) is 8.45. The highest BCUT2D eigenvalue weighted by atomic mass is 35.5. The maximum absolute atomic E-state index is 11.5. The van der Waals surface area contributed by atoms with E-state index in [1.807, 2.05) is 0 Å². The molecule has 2 aromatic carbocycles. The Labute approximate surface area is 159 Å². The Morgan fingerprint density at radius 1 is 1.04 bits per heavy atom. The van der Waals surface area contributed by atoms with E-state index in [4.69, 9.17) is 32.7 Å². The molecule has 1 aromatic heterocycles. The van der Waals surface area contributed by atoms with Crippen LogP contribution in [0.15, 0.2) is 53.3 Å². The summed E-state index contributed by atoms with van der Waals surface area (Å²) in [6, 6.07) is 13.6. The van der Waals surface area contributed by atoms with Crippen molar-refractivity contribution in [3.63, 3.8) is 0 Å². The van der Waals surface area contributed by atoms with Crippen molar-refractivity contribution in [1.29, 1.82) is 0 Å². The normalized spacial score (nSPS) is 10.6. The average molecular weight is 392 g/mol. The van der Waals surface area contributed by atoms with Gasteiger partial charge in [0.25, 0.3) is 5.56 Å². The minimum Gasteiger partial charge on any atom is -0.503 e. The first kappa shape index (κ1) is 18.2. The first-order chi connectivity index (χ1) is 12.4. The van der Waals surface area contributed by atoms with Gasteiger partial charge in [0.2, 0.25) is 0 Å². The highest BCUT2D eigenvalue weighted by Gasteiger charge is 2.06. The van der Waals surface area contributed by atoms with Gasteiger partial charge in [0, 0.05) is 5.02 Å². The number of benzene rings is 2. The fourth-order valence-electron chi connectivity index (χ4n) is 2.28. The molecular formula is C19H15Cl2NO4. The van der Waals surface area contributed by atoms with Gasteiger partial charge in [-0.3, -0.25) is 4.79 Å². The van der Waals surface area contributed by atoms with Gasteiger partial charge in [0.15, 0.2) is 5.75 Å². The Hall–Kier alpha value is -2.63. The number of aromatic amines is 1. The maximum Gasteiger partial charge on any atom is 0.290 e. The Kier molecular flexibility index (Phi) is 5.40. The van der Waals surface area contributed by atoms with Crippen molar-refractivity contribution in [2.45, 2.75) is 13.5 Å². The summed E-state index contributed by atoms with van der Waals surface area (Å²) in [5.41, 5.74) is 0.529. The molecule has 0 radical (unpaired) electrons. The van der Waals surface area contributed by atoms with Crippen molar-refractivity contribution >= 4 is 23.2 Å². The monoisotopic (exact) mass is 391 g/mol. The number of aryl methyl sites for hydroxylation is 1. The molecule has 26 heavy (non-hydrogen) atoms. The lowest BCUT2D eigenvalue weighted by molar-refractivity contribution is 0.300. The first-order valence-electron chi connectivity index (χ1n) is 7.70. The fourth-order valence-corrected chi connectivity index (χ4v) is 2.72. The summed E-state index contributed by atoms with van der Waals surface area (Å²) in [6.45, 7) is 1.82. The molecule has 2 N–H and O–H groups in total. The molecule has 1 heterocycles. The van der Waals surface area contributed by atoms with Gasteiger partial charge in [0.1, 0.15) is 23.9 Å². The molecule has 134 valence electrons. The zero-order valence-electron chi connectivity index (χ0n) is 13.8. The van der Waals surface area contributed by atoms with E-state index in [0.29, 0.717) is 38.6 Å². The van der Waals surface area contributed by atoms with Crippen molar-refractivity contribution in [3.05, 3.63) is 80.2 Å². The van der Waals surface area contributed by atoms with Crippen LogP contribution in [-0.2, 0) is 6.61 Å². The van der Waals surface area contributed by atoms with Gasteiger partial charge in [-0.25, -0.2) is 0 Å². The van der Waals surface area contributed by atoms with Crippen molar-refractivity contribution in [2.24, 2.45) is 0 Å². The van der Waals surface area contributed by atoms with Crippen LogP contribution in [-0.4, -0.2) is 10.1 Å². The van der Waals surface area contributed by atoms with Crippen LogP contribution < -0.4 is 15.0 Å². The van der Waals surface area contributed by atoms with Crippen LogP contribution in [0, 0.1) is 6.92 Å². The Morgan fingerprint density at radius 2 is 1.73 bits per heavy atom. The summed E-state index contributed by atoms with van der Waals surface area (Å²) in [5, 5.41) is 10.4. The van der Waals surface area contributed by atoms with Gasteiger partial charge >= 0.3 is 0 Å². The lowest BCUT2D eigenvalue weighted by atomic mass is 10.2. The van der Waals surface area contributed by atoms with Crippen LogP contribution in [0.1, 0.15) is 11.3 Å². The number of hydrogen-bond donors (Lipinski definition) is 2. The molecule has 0 aliphatic carbocycles. The van der Waals surface area contributed by atoms with Crippen molar-refractivity contribution in [1.82, 2.24) is 4.98 Å².